The van der Waals surface area contributed by atoms with Gasteiger partial charge in [-0.2, -0.15) is 5.10 Å². The minimum atomic E-state index is -0.778. The van der Waals surface area contributed by atoms with Crippen molar-refractivity contribution in [1.29, 1.82) is 0 Å². The van der Waals surface area contributed by atoms with Gasteiger partial charge in [-0.1, -0.05) is 0 Å². The van der Waals surface area contributed by atoms with Crippen LogP contribution in [-0.2, 0) is 12.1 Å². The molecule has 0 bridgehead atoms. The van der Waals surface area contributed by atoms with E-state index in [1.807, 2.05) is 18.7 Å². The van der Waals surface area contributed by atoms with Crippen LogP contribution in [0.3, 0.4) is 0 Å². The van der Waals surface area contributed by atoms with Crippen molar-refractivity contribution in [1.82, 2.24) is 14.7 Å². The molecule has 0 aliphatic carbocycles. The zero-order valence-electron chi connectivity index (χ0n) is 9.94. The second-order valence-electron chi connectivity index (χ2n) is 4.66. The Labute approximate surface area is 104 Å². The van der Waals surface area contributed by atoms with Gasteiger partial charge >= 0.3 is 0 Å². The molecule has 1 aromatic rings. The smallest absolute Gasteiger partial charge is 0.121 e. The predicted octanol–water partition coefficient (Wildman–Crippen LogP) is 1.58. The molecular weight excluding hydrogens is 270 g/mol. The van der Waals surface area contributed by atoms with E-state index in [2.05, 4.69) is 32.9 Å². The van der Waals surface area contributed by atoms with Crippen molar-refractivity contribution >= 4 is 15.9 Å². The number of aryl methyl sites for hydroxylation is 1. The molecule has 1 saturated heterocycles. The van der Waals surface area contributed by atoms with Gasteiger partial charge in [0.2, 0.25) is 0 Å². The summed E-state index contributed by atoms with van der Waals surface area (Å²) in [4.78, 5) is 2.18. The molecule has 0 saturated carbocycles. The van der Waals surface area contributed by atoms with Crippen LogP contribution in [0.25, 0.3) is 0 Å². The Kier molecular flexibility index (Phi) is 3.11. The number of hydrogen-bond donors (Lipinski definition) is 1. The summed E-state index contributed by atoms with van der Waals surface area (Å²) in [5, 5.41) is 15.0. The maximum Gasteiger partial charge on any atom is 0.121 e. The molecule has 16 heavy (non-hydrogen) atoms. The van der Waals surface area contributed by atoms with Crippen LogP contribution < -0.4 is 0 Å². The Morgan fingerprint density at radius 2 is 2.38 bits per heavy atom. The molecule has 1 fully saturated rings. The van der Waals surface area contributed by atoms with Crippen LogP contribution in [0, 0.1) is 0 Å². The third-order valence-electron chi connectivity index (χ3n) is 3.43. The maximum absolute atomic E-state index is 10.8. The molecule has 0 amide bonds. The van der Waals surface area contributed by atoms with Gasteiger partial charge in [-0.3, -0.25) is 4.68 Å². The third-order valence-corrected chi connectivity index (χ3v) is 4.01. The average molecular weight is 288 g/mol. The Morgan fingerprint density at radius 1 is 1.69 bits per heavy atom. The summed E-state index contributed by atoms with van der Waals surface area (Å²) in [5.41, 5.74) is 0.130. The lowest BCUT2D eigenvalue weighted by Gasteiger charge is -2.24. The van der Waals surface area contributed by atoms with Gasteiger partial charge in [0.05, 0.1) is 16.4 Å². The van der Waals surface area contributed by atoms with Crippen molar-refractivity contribution in [3.8, 4) is 0 Å². The lowest BCUT2D eigenvalue weighted by molar-refractivity contribution is 0.0386. The van der Waals surface area contributed by atoms with Crippen molar-refractivity contribution in [2.45, 2.75) is 38.5 Å². The fraction of sp³-hybridized carbons (Fsp3) is 0.727. The molecule has 2 atom stereocenters. The van der Waals surface area contributed by atoms with Gasteiger partial charge in [0.15, 0.2) is 0 Å². The summed E-state index contributed by atoms with van der Waals surface area (Å²) < 4.78 is 2.77. The van der Waals surface area contributed by atoms with Gasteiger partial charge in [-0.25, -0.2) is 0 Å². The number of aliphatic hydroxyl groups is 1. The topological polar surface area (TPSA) is 41.3 Å². The molecule has 1 aliphatic rings. The van der Waals surface area contributed by atoms with E-state index in [-0.39, 0.29) is 0 Å². The van der Waals surface area contributed by atoms with E-state index < -0.39 is 5.60 Å². The highest BCUT2D eigenvalue weighted by molar-refractivity contribution is 9.10. The van der Waals surface area contributed by atoms with E-state index in [1.165, 1.54) is 0 Å². The van der Waals surface area contributed by atoms with Gasteiger partial charge in [0, 0.05) is 19.1 Å². The van der Waals surface area contributed by atoms with Crippen LogP contribution in [0.1, 0.15) is 26.0 Å². The first-order chi connectivity index (χ1) is 7.48. The SMILES string of the molecule is CCn1ncc(Br)c1C1(O)CC(C)N(C)C1. The quantitative estimate of drug-likeness (QED) is 0.898. The molecule has 1 aromatic heterocycles. The van der Waals surface area contributed by atoms with E-state index in [0.717, 1.165) is 23.1 Å². The van der Waals surface area contributed by atoms with Crippen LogP contribution in [0.4, 0.5) is 0 Å². The summed E-state index contributed by atoms with van der Waals surface area (Å²) in [6.45, 7) is 5.62. The van der Waals surface area contributed by atoms with Gasteiger partial charge in [-0.05, 0) is 43.2 Å². The molecule has 2 unspecified atom stereocenters. The highest BCUT2D eigenvalue weighted by Crippen LogP contribution is 2.38. The first-order valence-electron chi connectivity index (χ1n) is 5.62. The zero-order valence-corrected chi connectivity index (χ0v) is 11.5. The van der Waals surface area contributed by atoms with E-state index in [1.54, 1.807) is 6.20 Å². The molecule has 0 spiro atoms. The van der Waals surface area contributed by atoms with Crippen LogP contribution >= 0.6 is 15.9 Å². The second kappa shape index (κ2) is 4.13. The minimum Gasteiger partial charge on any atom is -0.382 e. The first kappa shape index (κ1) is 12.1. The average Bonchev–Trinajstić information content (AvgIpc) is 2.69. The highest BCUT2D eigenvalue weighted by Gasteiger charge is 2.43. The Balaban J connectivity index is 2.40. The Hall–Kier alpha value is -0.390. The first-order valence-corrected chi connectivity index (χ1v) is 6.41. The summed E-state index contributed by atoms with van der Waals surface area (Å²) in [6.07, 6.45) is 2.52. The van der Waals surface area contributed by atoms with Gasteiger partial charge in [-0.15, -0.1) is 0 Å². The molecule has 1 N–H and O–H groups in total. The monoisotopic (exact) mass is 287 g/mol. The van der Waals surface area contributed by atoms with Gasteiger partial charge in [0.1, 0.15) is 5.60 Å². The molecule has 2 rings (SSSR count). The minimum absolute atomic E-state index is 0.400. The molecule has 4 nitrogen and oxygen atoms in total. The maximum atomic E-state index is 10.8. The summed E-state index contributed by atoms with van der Waals surface area (Å²) in [5.74, 6) is 0. The van der Waals surface area contributed by atoms with E-state index in [4.69, 9.17) is 0 Å². The molecular formula is C11H18BrN3O. The van der Waals surface area contributed by atoms with Crippen LogP contribution in [0.15, 0.2) is 10.7 Å². The normalized spacial score (nSPS) is 31.2. The van der Waals surface area contributed by atoms with Crippen molar-refractivity contribution in [2.24, 2.45) is 0 Å². The number of rotatable bonds is 2. The summed E-state index contributed by atoms with van der Waals surface area (Å²) in [7, 11) is 2.04. The predicted molar refractivity (Wildman–Crippen MR) is 66.2 cm³/mol. The number of nitrogens with zero attached hydrogens (tertiary/aromatic N) is 3. The van der Waals surface area contributed by atoms with Crippen LogP contribution in [0.5, 0.6) is 0 Å². The van der Waals surface area contributed by atoms with Crippen LogP contribution in [0.2, 0.25) is 0 Å². The lowest BCUT2D eigenvalue weighted by atomic mass is 9.96. The van der Waals surface area contributed by atoms with Crippen molar-refractivity contribution in [3.63, 3.8) is 0 Å². The van der Waals surface area contributed by atoms with Crippen molar-refractivity contribution in [3.05, 3.63) is 16.4 Å². The molecule has 0 radical (unpaired) electrons. The fourth-order valence-corrected chi connectivity index (χ4v) is 3.18. The Bertz CT molecular complexity index is 381. The number of β-amino-alcohol motifs (C(OH)–C–C–N with tert-alkyl or cyclic N) is 1. The van der Waals surface area contributed by atoms with E-state index in [9.17, 15) is 5.11 Å². The number of hydrogen-bond acceptors (Lipinski definition) is 3. The number of likely N-dealkylation sites (tertiary alicyclic amines) is 1. The Morgan fingerprint density at radius 3 is 2.88 bits per heavy atom. The highest BCUT2D eigenvalue weighted by atomic mass is 79.9. The van der Waals surface area contributed by atoms with E-state index >= 15 is 0 Å². The molecule has 5 heteroatoms. The fourth-order valence-electron chi connectivity index (χ4n) is 2.51. The van der Waals surface area contributed by atoms with Crippen molar-refractivity contribution in [2.75, 3.05) is 13.6 Å². The number of likely N-dealkylation sites (N-methyl/N-ethyl adjacent to an activating group) is 1. The van der Waals surface area contributed by atoms with Gasteiger partial charge in [0.25, 0.3) is 0 Å². The van der Waals surface area contributed by atoms with Gasteiger partial charge < -0.3 is 10.0 Å². The summed E-state index contributed by atoms with van der Waals surface area (Å²) in [6, 6.07) is 0.400. The van der Waals surface area contributed by atoms with Crippen LogP contribution in [-0.4, -0.2) is 39.4 Å². The second-order valence-corrected chi connectivity index (χ2v) is 5.51. The van der Waals surface area contributed by atoms with Crippen molar-refractivity contribution < 1.29 is 5.11 Å². The van der Waals surface area contributed by atoms with E-state index in [0.29, 0.717) is 12.6 Å². The molecule has 0 aromatic carbocycles. The third kappa shape index (κ3) is 1.81. The largest absolute Gasteiger partial charge is 0.382 e. The standard InChI is InChI=1S/C11H18BrN3O/c1-4-15-10(9(12)6-13-15)11(16)5-8(2)14(3)7-11/h6,8,16H,4-5,7H2,1-3H3. The number of aromatic nitrogens is 2. The molecule has 2 heterocycles. The summed E-state index contributed by atoms with van der Waals surface area (Å²) >= 11 is 3.48. The lowest BCUT2D eigenvalue weighted by Crippen LogP contribution is -2.32. The molecule has 90 valence electrons. The zero-order chi connectivity index (χ0) is 11.9. The molecule has 1 aliphatic heterocycles. The number of halogens is 1.